The first kappa shape index (κ1) is 24.8. The molecule has 0 atom stereocenters. The predicted octanol–water partition coefficient (Wildman–Crippen LogP) is 6.71. The lowest BCUT2D eigenvalue weighted by Crippen LogP contribution is -2.16. The Bertz CT molecular complexity index is 1370. The van der Waals surface area contributed by atoms with Gasteiger partial charge in [-0.3, -0.25) is 4.79 Å². The molecule has 1 amide bonds. The quantitative estimate of drug-likeness (QED) is 0.170. The number of benzene rings is 3. The standard InChI is InChI=1S/C26H22Br2N2O5/c1-3-33-20-8-9-22-17(10-20)11-25(35-22)26(31)30-29-14-18-12-23(32-2)24(13-21(18)28)34-15-16-4-6-19(27)7-5-16/h4-14H,3,15H2,1-2H3,(H,30,31)/b29-14+. The topological polar surface area (TPSA) is 82.3 Å². The molecule has 1 aromatic heterocycles. The molecule has 3 aromatic carbocycles. The number of rotatable bonds is 9. The summed E-state index contributed by atoms with van der Waals surface area (Å²) in [6.07, 6.45) is 1.51. The van der Waals surface area contributed by atoms with E-state index in [4.69, 9.17) is 18.6 Å². The molecular weight excluding hydrogens is 580 g/mol. The van der Waals surface area contributed by atoms with Gasteiger partial charge in [0.15, 0.2) is 17.3 Å². The fourth-order valence-electron chi connectivity index (χ4n) is 3.27. The zero-order chi connectivity index (χ0) is 24.8. The summed E-state index contributed by atoms with van der Waals surface area (Å²) in [7, 11) is 1.57. The third-order valence-corrected chi connectivity index (χ3v) is 6.20. The van der Waals surface area contributed by atoms with Gasteiger partial charge in [-0.15, -0.1) is 0 Å². The zero-order valence-electron chi connectivity index (χ0n) is 19.0. The molecule has 0 unspecified atom stereocenters. The molecule has 35 heavy (non-hydrogen) atoms. The summed E-state index contributed by atoms with van der Waals surface area (Å²) in [6.45, 7) is 2.86. The number of hydrazone groups is 1. The number of amides is 1. The van der Waals surface area contributed by atoms with Crippen LogP contribution in [0.1, 0.15) is 28.6 Å². The third kappa shape index (κ3) is 6.23. The number of carbonyl (C=O) groups excluding carboxylic acids is 1. The molecule has 0 spiro atoms. The van der Waals surface area contributed by atoms with E-state index < -0.39 is 5.91 Å². The molecular formula is C26H22Br2N2O5. The van der Waals surface area contributed by atoms with E-state index in [1.807, 2.05) is 37.3 Å². The van der Waals surface area contributed by atoms with E-state index in [2.05, 4.69) is 42.4 Å². The molecule has 0 bridgehead atoms. The Hall–Kier alpha value is -3.30. The highest BCUT2D eigenvalue weighted by Crippen LogP contribution is 2.33. The second-order valence-electron chi connectivity index (χ2n) is 7.38. The van der Waals surface area contributed by atoms with Crippen molar-refractivity contribution in [3.05, 3.63) is 86.5 Å². The van der Waals surface area contributed by atoms with Crippen molar-refractivity contribution in [1.29, 1.82) is 0 Å². The SMILES string of the molecule is CCOc1ccc2oc(C(=O)N/N=C/c3cc(OC)c(OCc4ccc(Br)cc4)cc3Br)cc2c1. The lowest BCUT2D eigenvalue weighted by molar-refractivity contribution is 0.0929. The number of furan rings is 1. The van der Waals surface area contributed by atoms with Gasteiger partial charge in [0, 0.05) is 19.9 Å². The first-order chi connectivity index (χ1) is 17.0. The first-order valence-corrected chi connectivity index (χ1v) is 12.3. The predicted molar refractivity (Wildman–Crippen MR) is 142 cm³/mol. The number of carbonyl (C=O) groups is 1. The van der Waals surface area contributed by atoms with Crippen LogP contribution in [-0.4, -0.2) is 25.8 Å². The van der Waals surface area contributed by atoms with Crippen LogP contribution < -0.4 is 19.6 Å². The summed E-state index contributed by atoms with van der Waals surface area (Å²) in [6, 6.07) is 18.5. The maximum absolute atomic E-state index is 12.5. The van der Waals surface area contributed by atoms with E-state index >= 15 is 0 Å². The summed E-state index contributed by atoms with van der Waals surface area (Å²) in [4.78, 5) is 12.5. The van der Waals surface area contributed by atoms with Crippen molar-refractivity contribution in [3.63, 3.8) is 0 Å². The van der Waals surface area contributed by atoms with Gasteiger partial charge in [-0.25, -0.2) is 5.43 Å². The lowest BCUT2D eigenvalue weighted by atomic mass is 10.2. The van der Waals surface area contributed by atoms with Crippen LogP contribution in [0.25, 0.3) is 11.0 Å². The number of methoxy groups -OCH3 is 1. The van der Waals surface area contributed by atoms with Gasteiger partial charge in [0.05, 0.1) is 19.9 Å². The highest BCUT2D eigenvalue weighted by molar-refractivity contribution is 9.10. The van der Waals surface area contributed by atoms with Crippen molar-refractivity contribution in [2.24, 2.45) is 5.10 Å². The number of fused-ring (bicyclic) bond motifs is 1. The summed E-state index contributed by atoms with van der Waals surface area (Å²) in [5.74, 6) is 1.53. The van der Waals surface area contributed by atoms with Crippen LogP contribution in [0.3, 0.4) is 0 Å². The Morgan fingerprint density at radius 2 is 1.83 bits per heavy atom. The van der Waals surface area contributed by atoms with Crippen LogP contribution in [0, 0.1) is 0 Å². The maximum Gasteiger partial charge on any atom is 0.307 e. The number of nitrogens with zero attached hydrogens (tertiary/aromatic N) is 1. The zero-order valence-corrected chi connectivity index (χ0v) is 22.2. The van der Waals surface area contributed by atoms with Crippen molar-refractivity contribution in [2.75, 3.05) is 13.7 Å². The molecule has 0 saturated heterocycles. The Morgan fingerprint density at radius 1 is 1.03 bits per heavy atom. The molecule has 180 valence electrons. The minimum absolute atomic E-state index is 0.152. The number of hydrogen-bond donors (Lipinski definition) is 1. The molecule has 0 radical (unpaired) electrons. The molecule has 0 saturated carbocycles. The Morgan fingerprint density at radius 3 is 2.57 bits per heavy atom. The van der Waals surface area contributed by atoms with E-state index in [1.54, 1.807) is 37.4 Å². The normalized spacial score (nSPS) is 11.1. The minimum atomic E-state index is -0.465. The molecule has 0 aliphatic rings. The van der Waals surface area contributed by atoms with Gasteiger partial charge in [0.2, 0.25) is 0 Å². The second-order valence-corrected chi connectivity index (χ2v) is 9.15. The Kier molecular flexibility index (Phi) is 8.09. The van der Waals surface area contributed by atoms with Crippen molar-refractivity contribution in [3.8, 4) is 17.2 Å². The monoisotopic (exact) mass is 600 g/mol. The largest absolute Gasteiger partial charge is 0.494 e. The van der Waals surface area contributed by atoms with Gasteiger partial charge in [0.1, 0.15) is 17.9 Å². The van der Waals surface area contributed by atoms with Crippen LogP contribution in [0.15, 0.2) is 79.1 Å². The van der Waals surface area contributed by atoms with Gasteiger partial charge in [-0.2, -0.15) is 5.10 Å². The third-order valence-electron chi connectivity index (χ3n) is 4.98. The maximum atomic E-state index is 12.5. The van der Waals surface area contributed by atoms with Gasteiger partial charge in [-0.1, -0.05) is 28.1 Å². The average molecular weight is 602 g/mol. The highest BCUT2D eigenvalue weighted by atomic mass is 79.9. The molecule has 1 heterocycles. The summed E-state index contributed by atoms with van der Waals surface area (Å²) in [5, 5.41) is 4.84. The van der Waals surface area contributed by atoms with Gasteiger partial charge < -0.3 is 18.6 Å². The summed E-state index contributed by atoms with van der Waals surface area (Å²) < 4.78 is 24.3. The van der Waals surface area contributed by atoms with Crippen LogP contribution >= 0.6 is 31.9 Å². The van der Waals surface area contributed by atoms with Crippen molar-refractivity contribution in [1.82, 2.24) is 5.43 Å². The molecule has 0 fully saturated rings. The van der Waals surface area contributed by atoms with Crippen LogP contribution in [0.2, 0.25) is 0 Å². The van der Waals surface area contributed by atoms with Gasteiger partial charge >= 0.3 is 5.91 Å². The van der Waals surface area contributed by atoms with Crippen molar-refractivity contribution >= 4 is 55.0 Å². The van der Waals surface area contributed by atoms with E-state index in [1.165, 1.54) is 6.21 Å². The molecule has 4 aromatic rings. The second kappa shape index (κ2) is 11.4. The molecule has 0 aliphatic heterocycles. The Labute approximate surface area is 219 Å². The molecule has 7 nitrogen and oxygen atoms in total. The van der Waals surface area contributed by atoms with Gasteiger partial charge in [-0.05, 0) is 76.9 Å². The average Bonchev–Trinajstić information content (AvgIpc) is 3.28. The minimum Gasteiger partial charge on any atom is -0.494 e. The van der Waals surface area contributed by atoms with Crippen LogP contribution in [0.5, 0.6) is 17.2 Å². The fourth-order valence-corrected chi connectivity index (χ4v) is 3.96. The molecule has 0 aliphatic carbocycles. The highest BCUT2D eigenvalue weighted by Gasteiger charge is 2.13. The number of ether oxygens (including phenoxy) is 3. The summed E-state index contributed by atoms with van der Waals surface area (Å²) >= 11 is 6.95. The first-order valence-electron chi connectivity index (χ1n) is 10.7. The Balaban J connectivity index is 1.43. The number of hydrogen-bond acceptors (Lipinski definition) is 6. The van der Waals surface area contributed by atoms with E-state index in [0.717, 1.165) is 19.9 Å². The molecule has 4 rings (SSSR count). The number of halogens is 2. The molecule has 9 heteroatoms. The smallest absolute Gasteiger partial charge is 0.307 e. The van der Waals surface area contributed by atoms with Gasteiger partial charge in [0.25, 0.3) is 0 Å². The van der Waals surface area contributed by atoms with Crippen LogP contribution in [0.4, 0.5) is 0 Å². The van der Waals surface area contributed by atoms with E-state index in [-0.39, 0.29) is 5.76 Å². The number of nitrogens with one attached hydrogen (secondary N) is 1. The van der Waals surface area contributed by atoms with E-state index in [0.29, 0.717) is 41.6 Å². The molecule has 1 N–H and O–H groups in total. The fraction of sp³-hybridized carbons (Fsp3) is 0.154. The van der Waals surface area contributed by atoms with Crippen molar-refractivity contribution in [2.45, 2.75) is 13.5 Å². The van der Waals surface area contributed by atoms with E-state index in [9.17, 15) is 4.79 Å². The van der Waals surface area contributed by atoms with Crippen LogP contribution in [-0.2, 0) is 6.61 Å². The van der Waals surface area contributed by atoms with Crippen molar-refractivity contribution < 1.29 is 23.4 Å². The lowest BCUT2D eigenvalue weighted by Gasteiger charge is -2.13. The summed E-state index contributed by atoms with van der Waals surface area (Å²) in [5.41, 5.74) is 4.80.